The molecule has 13 heavy (non-hydrogen) atoms. The molecule has 0 aliphatic carbocycles. The Morgan fingerprint density at radius 2 is 1.85 bits per heavy atom. The fraction of sp³-hybridized carbons (Fsp3) is 0.857. The van der Waals surface area contributed by atoms with E-state index >= 15 is 0 Å². The van der Waals surface area contributed by atoms with E-state index in [1.807, 2.05) is 0 Å². The molecule has 0 saturated heterocycles. The van der Waals surface area contributed by atoms with E-state index in [4.69, 9.17) is 20.9 Å². The van der Waals surface area contributed by atoms with Crippen LogP contribution in [0.4, 0.5) is 0 Å². The van der Waals surface area contributed by atoms with Crippen molar-refractivity contribution in [3.05, 3.63) is 5.73 Å². The monoisotopic (exact) mass is 214 g/mol. The van der Waals surface area contributed by atoms with Crippen molar-refractivity contribution in [1.29, 1.82) is 0 Å². The predicted molar refractivity (Wildman–Crippen MR) is 44.6 cm³/mol. The maximum atomic E-state index is 10.2. The number of primary amides is 1. The van der Waals surface area contributed by atoms with Crippen molar-refractivity contribution in [2.24, 2.45) is 5.73 Å². The largest absolute Gasteiger partial charge is 1.00 e. The Morgan fingerprint density at radius 3 is 2.38 bits per heavy atom. The molecule has 0 spiro atoms. The summed E-state index contributed by atoms with van der Waals surface area (Å²) in [7, 11) is 0. The fourth-order valence-electron chi connectivity index (χ4n) is 0.610. The number of nitrogens with two attached hydrogens (primary N) is 1. The van der Waals surface area contributed by atoms with E-state index in [-0.39, 0.29) is 64.5 Å². The molecule has 72 valence electrons. The van der Waals surface area contributed by atoms with Crippen LogP contribution in [0.2, 0.25) is 0 Å². The standard InChI is InChI=1S/C7H15N2O3.K/c8-2-5-11-3-1-4-12-6-7(9)10;/h8H,1-6H2,(H2,9,10);/q-1;+1. The quantitative estimate of drug-likeness (QED) is 0.344. The molecule has 0 bridgehead atoms. The van der Waals surface area contributed by atoms with E-state index in [9.17, 15) is 4.79 Å². The van der Waals surface area contributed by atoms with Gasteiger partial charge in [0, 0.05) is 19.8 Å². The molecule has 0 radical (unpaired) electrons. The van der Waals surface area contributed by atoms with Gasteiger partial charge in [-0.25, -0.2) is 0 Å². The van der Waals surface area contributed by atoms with E-state index in [1.165, 1.54) is 0 Å². The van der Waals surface area contributed by atoms with E-state index in [0.29, 0.717) is 19.8 Å². The number of hydrogen-bond acceptors (Lipinski definition) is 3. The van der Waals surface area contributed by atoms with Gasteiger partial charge in [0.1, 0.15) is 6.61 Å². The molecule has 0 aliphatic heterocycles. The molecule has 5 nitrogen and oxygen atoms in total. The minimum absolute atomic E-state index is 0. The second kappa shape index (κ2) is 13.0. The van der Waals surface area contributed by atoms with Crippen LogP contribution in [0.3, 0.4) is 0 Å². The summed E-state index contributed by atoms with van der Waals surface area (Å²) in [6.07, 6.45) is 0.729. The number of carbonyl (C=O) groups is 1. The summed E-state index contributed by atoms with van der Waals surface area (Å²) in [6.45, 7) is 1.75. The van der Waals surface area contributed by atoms with Gasteiger partial charge in [0.15, 0.2) is 0 Å². The smallest absolute Gasteiger partial charge is 0.676 e. The first kappa shape index (κ1) is 16.4. The van der Waals surface area contributed by atoms with Gasteiger partial charge in [-0.05, 0) is 6.42 Å². The van der Waals surface area contributed by atoms with Crippen LogP contribution in [0.15, 0.2) is 0 Å². The summed E-state index contributed by atoms with van der Waals surface area (Å²) in [5, 5.41) is 0. The third kappa shape index (κ3) is 15.7. The number of ether oxygens (including phenoxy) is 2. The average Bonchev–Trinajstić information content (AvgIpc) is 2.02. The molecule has 0 atom stereocenters. The first-order chi connectivity index (χ1) is 5.77. The Labute approximate surface area is 121 Å². The van der Waals surface area contributed by atoms with Gasteiger partial charge in [0.2, 0.25) is 5.91 Å². The van der Waals surface area contributed by atoms with Crippen LogP contribution >= 0.6 is 0 Å². The second-order valence-corrected chi connectivity index (χ2v) is 2.23. The molecule has 0 fully saturated rings. The Morgan fingerprint density at radius 1 is 1.23 bits per heavy atom. The third-order valence-electron chi connectivity index (χ3n) is 1.07. The molecule has 0 aromatic heterocycles. The summed E-state index contributed by atoms with van der Waals surface area (Å²) in [6, 6.07) is 0. The Hall–Kier alpha value is 0.986. The van der Waals surface area contributed by atoms with Crippen LogP contribution in [0.25, 0.3) is 5.73 Å². The zero-order chi connectivity index (χ0) is 9.23. The summed E-state index contributed by atoms with van der Waals surface area (Å²) in [5.74, 6) is -0.456. The molecule has 0 aromatic rings. The number of rotatable bonds is 8. The normalized spacial score (nSPS) is 9.31. The number of amides is 1. The van der Waals surface area contributed by atoms with Gasteiger partial charge in [-0.1, -0.05) is 0 Å². The van der Waals surface area contributed by atoms with Crippen LogP contribution in [-0.4, -0.2) is 38.9 Å². The molecule has 0 heterocycles. The van der Waals surface area contributed by atoms with Gasteiger partial charge in [-0.2, -0.15) is 0 Å². The van der Waals surface area contributed by atoms with Crippen LogP contribution in [0, 0.1) is 0 Å². The molecular weight excluding hydrogens is 199 g/mol. The van der Waals surface area contributed by atoms with Crippen molar-refractivity contribution < 1.29 is 65.7 Å². The summed E-state index contributed by atoms with van der Waals surface area (Å²) in [5.41, 5.74) is 11.6. The van der Waals surface area contributed by atoms with Crippen LogP contribution in [0.1, 0.15) is 6.42 Å². The van der Waals surface area contributed by atoms with Crippen LogP contribution < -0.4 is 57.1 Å². The van der Waals surface area contributed by atoms with Crippen molar-refractivity contribution in [2.45, 2.75) is 6.42 Å². The summed E-state index contributed by atoms with van der Waals surface area (Å²) >= 11 is 0. The first-order valence-electron chi connectivity index (χ1n) is 3.85. The van der Waals surface area contributed by atoms with E-state index in [2.05, 4.69) is 0 Å². The molecule has 6 heteroatoms. The molecule has 3 N–H and O–H groups in total. The predicted octanol–water partition coefficient (Wildman–Crippen LogP) is -3.05. The zero-order valence-corrected chi connectivity index (χ0v) is 11.2. The van der Waals surface area contributed by atoms with Crippen molar-refractivity contribution in [3.8, 4) is 0 Å². The average molecular weight is 214 g/mol. The maximum absolute atomic E-state index is 10.2. The zero-order valence-electron chi connectivity index (χ0n) is 8.04. The van der Waals surface area contributed by atoms with Gasteiger partial charge in [0.05, 0.1) is 0 Å². The summed E-state index contributed by atoms with van der Waals surface area (Å²) < 4.78 is 9.88. The van der Waals surface area contributed by atoms with E-state index in [1.54, 1.807) is 0 Å². The topological polar surface area (TPSA) is 85.3 Å². The van der Waals surface area contributed by atoms with Crippen molar-refractivity contribution >= 4 is 5.91 Å². The van der Waals surface area contributed by atoms with Crippen LogP contribution in [0.5, 0.6) is 0 Å². The molecule has 0 unspecified atom stereocenters. The number of nitrogens with one attached hydrogen (secondary N) is 1. The van der Waals surface area contributed by atoms with Crippen molar-refractivity contribution in [1.82, 2.24) is 0 Å². The van der Waals surface area contributed by atoms with Gasteiger partial charge in [-0.3, -0.25) is 4.79 Å². The van der Waals surface area contributed by atoms with Gasteiger partial charge in [-0.15, -0.1) is 6.54 Å². The molecule has 0 aliphatic rings. The van der Waals surface area contributed by atoms with Crippen molar-refractivity contribution in [2.75, 3.05) is 33.0 Å². The van der Waals surface area contributed by atoms with E-state index in [0.717, 1.165) is 6.42 Å². The minimum atomic E-state index is -0.456. The molecule has 0 aromatic carbocycles. The maximum Gasteiger partial charge on any atom is 1.00 e. The molecule has 1 amide bonds. The Bertz CT molecular complexity index is 124. The van der Waals surface area contributed by atoms with Gasteiger partial charge in [0.25, 0.3) is 0 Å². The number of carbonyl (C=O) groups excluding carboxylic acids is 1. The summed E-state index contributed by atoms with van der Waals surface area (Å²) in [4.78, 5) is 10.2. The Balaban J connectivity index is 0. The fourth-order valence-corrected chi connectivity index (χ4v) is 0.610. The molecule has 0 saturated carbocycles. The SMILES string of the molecule is [K+].[NH-]CCOCCCOCC(N)=O. The molecule has 0 rings (SSSR count). The van der Waals surface area contributed by atoms with Gasteiger partial charge < -0.3 is 20.9 Å². The minimum Gasteiger partial charge on any atom is -0.676 e. The Kier molecular flexibility index (Phi) is 16.4. The third-order valence-corrected chi connectivity index (χ3v) is 1.07. The van der Waals surface area contributed by atoms with Crippen LogP contribution in [-0.2, 0) is 14.3 Å². The van der Waals surface area contributed by atoms with Crippen molar-refractivity contribution in [3.63, 3.8) is 0 Å². The first-order valence-corrected chi connectivity index (χ1v) is 3.85. The second-order valence-electron chi connectivity index (χ2n) is 2.23. The molecular formula is C7H15KN2O3. The van der Waals surface area contributed by atoms with E-state index < -0.39 is 5.91 Å². The van der Waals surface area contributed by atoms with Gasteiger partial charge >= 0.3 is 51.4 Å². The number of hydrogen-bond donors (Lipinski definition) is 1.